The SMILES string of the molecule is C/C=C\C(=C(\Cl)CC)C(C)(C)C. The average Bonchev–Trinajstić information content (AvgIpc) is 1.96. The third-order valence-electron chi connectivity index (χ3n) is 1.74. The summed E-state index contributed by atoms with van der Waals surface area (Å²) in [5.41, 5.74) is 1.40. The van der Waals surface area contributed by atoms with Crippen LogP contribution in [0.3, 0.4) is 0 Å². The van der Waals surface area contributed by atoms with Crippen molar-refractivity contribution >= 4 is 11.6 Å². The highest BCUT2D eigenvalue weighted by Crippen LogP contribution is 2.31. The van der Waals surface area contributed by atoms with Gasteiger partial charge in [-0.2, -0.15) is 0 Å². The Kier molecular flexibility index (Phi) is 4.62. The van der Waals surface area contributed by atoms with E-state index in [1.807, 2.05) is 13.0 Å². The first-order valence-electron chi connectivity index (χ1n) is 4.45. The fourth-order valence-corrected chi connectivity index (χ4v) is 1.45. The second-order valence-electron chi connectivity index (χ2n) is 3.92. The molecule has 0 radical (unpaired) electrons. The maximum atomic E-state index is 6.12. The molecule has 0 rings (SSSR count). The Bertz CT molecular complexity index is 192. The molecular formula is C11H19Cl. The summed E-state index contributed by atoms with van der Waals surface area (Å²) in [6.45, 7) is 10.6. The monoisotopic (exact) mass is 186 g/mol. The van der Waals surface area contributed by atoms with Gasteiger partial charge in [0.25, 0.3) is 0 Å². The summed E-state index contributed by atoms with van der Waals surface area (Å²) >= 11 is 6.12. The molecule has 0 amide bonds. The molecule has 0 bridgehead atoms. The summed E-state index contributed by atoms with van der Waals surface area (Å²) in [4.78, 5) is 0. The minimum atomic E-state index is 0.152. The van der Waals surface area contributed by atoms with Gasteiger partial charge in [-0.1, -0.05) is 51.4 Å². The first-order valence-corrected chi connectivity index (χ1v) is 4.83. The predicted molar refractivity (Wildman–Crippen MR) is 57.4 cm³/mol. The Morgan fingerprint density at radius 2 is 1.83 bits per heavy atom. The van der Waals surface area contributed by atoms with Gasteiger partial charge in [0, 0.05) is 5.03 Å². The Labute approximate surface area is 81.3 Å². The van der Waals surface area contributed by atoms with Crippen LogP contribution in [0.2, 0.25) is 0 Å². The number of hydrogen-bond donors (Lipinski definition) is 0. The van der Waals surface area contributed by atoms with Crippen LogP contribution in [0.25, 0.3) is 0 Å². The molecule has 12 heavy (non-hydrogen) atoms. The Morgan fingerprint density at radius 1 is 1.33 bits per heavy atom. The molecule has 0 aromatic carbocycles. The minimum Gasteiger partial charge on any atom is -0.0888 e. The lowest BCUT2D eigenvalue weighted by atomic mass is 9.85. The van der Waals surface area contributed by atoms with Gasteiger partial charge in [-0.05, 0) is 24.3 Å². The van der Waals surface area contributed by atoms with E-state index in [1.54, 1.807) is 0 Å². The van der Waals surface area contributed by atoms with Gasteiger partial charge >= 0.3 is 0 Å². The zero-order chi connectivity index (χ0) is 9.78. The molecule has 0 saturated heterocycles. The van der Waals surface area contributed by atoms with Crippen molar-refractivity contribution < 1.29 is 0 Å². The van der Waals surface area contributed by atoms with Crippen molar-refractivity contribution in [3.05, 3.63) is 22.8 Å². The standard InChI is InChI=1S/C11H19Cl/c1-6-8-9(10(12)7-2)11(3,4)5/h6,8H,7H2,1-5H3/b8-6-,10-9-. The topological polar surface area (TPSA) is 0 Å². The molecule has 0 aromatic rings. The molecule has 70 valence electrons. The summed E-state index contributed by atoms with van der Waals surface area (Å²) in [5, 5.41) is 0.973. The smallest absolute Gasteiger partial charge is 0.0215 e. The number of allylic oxidation sites excluding steroid dienone is 4. The van der Waals surface area contributed by atoms with Gasteiger partial charge in [0.15, 0.2) is 0 Å². The van der Waals surface area contributed by atoms with Crippen LogP contribution in [0, 0.1) is 5.41 Å². The molecule has 0 aliphatic rings. The van der Waals surface area contributed by atoms with Gasteiger partial charge in [0.05, 0.1) is 0 Å². The quantitative estimate of drug-likeness (QED) is 0.557. The van der Waals surface area contributed by atoms with Crippen molar-refractivity contribution in [1.82, 2.24) is 0 Å². The van der Waals surface area contributed by atoms with Gasteiger partial charge in [0.1, 0.15) is 0 Å². The van der Waals surface area contributed by atoms with Crippen molar-refractivity contribution in [2.45, 2.75) is 41.0 Å². The summed E-state index contributed by atoms with van der Waals surface area (Å²) in [7, 11) is 0. The third-order valence-corrected chi connectivity index (χ3v) is 2.21. The first kappa shape index (κ1) is 11.8. The maximum absolute atomic E-state index is 6.12. The summed E-state index contributed by atoms with van der Waals surface area (Å²) in [6.07, 6.45) is 5.06. The molecule has 0 spiro atoms. The molecule has 0 atom stereocenters. The van der Waals surface area contributed by atoms with Crippen molar-refractivity contribution in [3.8, 4) is 0 Å². The van der Waals surface area contributed by atoms with Crippen LogP contribution in [-0.4, -0.2) is 0 Å². The normalized spacial score (nSPS) is 15.2. The first-order chi connectivity index (χ1) is 5.43. The highest BCUT2D eigenvalue weighted by molar-refractivity contribution is 6.30. The number of halogens is 1. The van der Waals surface area contributed by atoms with Crippen LogP contribution in [-0.2, 0) is 0 Å². The second-order valence-corrected chi connectivity index (χ2v) is 4.38. The van der Waals surface area contributed by atoms with E-state index in [0.717, 1.165) is 11.5 Å². The molecule has 0 saturated carbocycles. The van der Waals surface area contributed by atoms with E-state index in [4.69, 9.17) is 11.6 Å². The van der Waals surface area contributed by atoms with E-state index in [2.05, 4.69) is 33.8 Å². The Balaban J connectivity index is 4.92. The molecule has 0 N–H and O–H groups in total. The molecule has 0 aliphatic carbocycles. The van der Waals surface area contributed by atoms with E-state index in [1.165, 1.54) is 5.57 Å². The molecule has 0 aromatic heterocycles. The second kappa shape index (κ2) is 4.71. The minimum absolute atomic E-state index is 0.152. The van der Waals surface area contributed by atoms with Gasteiger partial charge < -0.3 is 0 Å². The van der Waals surface area contributed by atoms with Gasteiger partial charge in [-0.15, -0.1) is 0 Å². The lowest BCUT2D eigenvalue weighted by molar-refractivity contribution is 0.513. The van der Waals surface area contributed by atoms with Crippen LogP contribution in [0.15, 0.2) is 22.8 Å². The van der Waals surface area contributed by atoms with Crippen LogP contribution >= 0.6 is 11.6 Å². The highest BCUT2D eigenvalue weighted by atomic mass is 35.5. The van der Waals surface area contributed by atoms with Gasteiger partial charge in [-0.25, -0.2) is 0 Å². The lowest BCUT2D eigenvalue weighted by Gasteiger charge is -2.21. The Morgan fingerprint density at radius 3 is 2.08 bits per heavy atom. The average molecular weight is 187 g/mol. The van der Waals surface area contributed by atoms with E-state index >= 15 is 0 Å². The molecule has 0 aliphatic heterocycles. The Hall–Kier alpha value is -0.230. The molecule has 0 fully saturated rings. The lowest BCUT2D eigenvalue weighted by Crippen LogP contribution is -2.08. The van der Waals surface area contributed by atoms with Crippen LogP contribution in [0.5, 0.6) is 0 Å². The van der Waals surface area contributed by atoms with E-state index in [0.29, 0.717) is 0 Å². The highest BCUT2D eigenvalue weighted by Gasteiger charge is 2.16. The molecular weight excluding hydrogens is 168 g/mol. The summed E-state index contributed by atoms with van der Waals surface area (Å²) in [6, 6.07) is 0. The van der Waals surface area contributed by atoms with Crippen molar-refractivity contribution in [2.75, 3.05) is 0 Å². The van der Waals surface area contributed by atoms with E-state index < -0.39 is 0 Å². The molecule has 0 unspecified atom stereocenters. The molecule has 0 nitrogen and oxygen atoms in total. The van der Waals surface area contributed by atoms with E-state index in [9.17, 15) is 0 Å². The maximum Gasteiger partial charge on any atom is 0.0215 e. The van der Waals surface area contributed by atoms with E-state index in [-0.39, 0.29) is 5.41 Å². The largest absolute Gasteiger partial charge is 0.0888 e. The number of hydrogen-bond acceptors (Lipinski definition) is 0. The van der Waals surface area contributed by atoms with Crippen LogP contribution in [0.4, 0.5) is 0 Å². The molecule has 1 heteroatoms. The van der Waals surface area contributed by atoms with Crippen LogP contribution in [0.1, 0.15) is 41.0 Å². The summed E-state index contributed by atoms with van der Waals surface area (Å²) in [5.74, 6) is 0. The fourth-order valence-electron chi connectivity index (χ4n) is 1.10. The van der Waals surface area contributed by atoms with Crippen LogP contribution < -0.4 is 0 Å². The van der Waals surface area contributed by atoms with Crippen molar-refractivity contribution in [3.63, 3.8) is 0 Å². The van der Waals surface area contributed by atoms with Crippen molar-refractivity contribution in [1.29, 1.82) is 0 Å². The van der Waals surface area contributed by atoms with Crippen molar-refractivity contribution in [2.24, 2.45) is 5.41 Å². The molecule has 0 heterocycles. The van der Waals surface area contributed by atoms with Gasteiger partial charge in [-0.3, -0.25) is 0 Å². The zero-order valence-corrected chi connectivity index (χ0v) is 9.50. The van der Waals surface area contributed by atoms with Gasteiger partial charge in [0.2, 0.25) is 0 Å². The third kappa shape index (κ3) is 3.44. The predicted octanol–water partition coefficient (Wildman–Crippen LogP) is 4.51. The summed E-state index contributed by atoms with van der Waals surface area (Å²) < 4.78 is 0. The fraction of sp³-hybridized carbons (Fsp3) is 0.636. The zero-order valence-electron chi connectivity index (χ0n) is 8.74. The number of rotatable bonds is 2.